The van der Waals surface area contributed by atoms with Crippen molar-refractivity contribution in [2.24, 2.45) is 0 Å². The van der Waals surface area contributed by atoms with Crippen LogP contribution in [0, 0.1) is 0 Å². The summed E-state index contributed by atoms with van der Waals surface area (Å²) < 4.78 is 0. The number of hydrogen-bond donors (Lipinski definition) is 0. The van der Waals surface area contributed by atoms with Crippen molar-refractivity contribution in [3.63, 3.8) is 0 Å². The minimum atomic E-state index is 1.32. The van der Waals surface area contributed by atoms with Crippen molar-refractivity contribution in [2.75, 3.05) is 0 Å². The Morgan fingerprint density at radius 1 is 1.67 bits per heavy atom. The van der Waals surface area contributed by atoms with E-state index >= 15 is 0 Å². The molecule has 6 heavy (non-hydrogen) atoms. The molecule has 0 N–H and O–H groups in total. The highest BCUT2D eigenvalue weighted by atomic mass is 16.1. The molecule has 0 spiro atoms. The first-order chi connectivity index (χ1) is 2.91. The topological polar surface area (TPSA) is 17.1 Å². The van der Waals surface area contributed by atoms with Gasteiger partial charge >= 0.3 is 0 Å². The predicted molar refractivity (Wildman–Crippen MR) is 25.1 cm³/mol. The minimum Gasteiger partial charge on any atom is -0.234 e. The molecule has 0 saturated heterocycles. The fraction of sp³-hybridized carbons (Fsp3) is 0.200. The summed E-state index contributed by atoms with van der Waals surface area (Å²) in [5.41, 5.74) is 0. The lowest BCUT2D eigenvalue weighted by molar-refractivity contribution is 0.569. The fourth-order valence-electron chi connectivity index (χ4n) is 0.136. The zero-order valence-electron chi connectivity index (χ0n) is 3.64. The molecule has 0 radical (unpaired) electrons. The summed E-state index contributed by atoms with van der Waals surface area (Å²) in [6.07, 6.45) is 4.72. The molecule has 0 bridgehead atoms. The lowest BCUT2D eigenvalue weighted by Crippen LogP contribution is -1.43. The average Bonchev–Trinajstić information content (AvgIpc) is 1.61. The van der Waals surface area contributed by atoms with Crippen molar-refractivity contribution in [2.45, 2.75) is 6.92 Å². The van der Waals surface area contributed by atoms with Crippen molar-refractivity contribution in [3.8, 4) is 0 Å². The maximum atomic E-state index is 9.33. The van der Waals surface area contributed by atoms with E-state index in [1.54, 1.807) is 18.1 Å². The summed E-state index contributed by atoms with van der Waals surface area (Å²) in [5.74, 6) is 1.61. The van der Waals surface area contributed by atoms with E-state index in [1.165, 1.54) is 6.08 Å². The zero-order chi connectivity index (χ0) is 4.83. The molecule has 0 amide bonds. The summed E-state index contributed by atoms with van der Waals surface area (Å²) in [7, 11) is 0. The van der Waals surface area contributed by atoms with Crippen LogP contribution in [0.5, 0.6) is 0 Å². The summed E-state index contributed by atoms with van der Waals surface area (Å²) in [5, 5.41) is 0. The molecule has 0 aliphatic carbocycles. The standard InChI is InChI=1S/C5H6O/c1-2-3-4-5-6/h2-4H,1H3/b3-2+. The third kappa shape index (κ3) is 3.19. The third-order valence-corrected chi connectivity index (χ3v) is 0.357. The van der Waals surface area contributed by atoms with E-state index in [9.17, 15) is 4.79 Å². The van der Waals surface area contributed by atoms with Gasteiger partial charge in [0.05, 0.1) is 0 Å². The van der Waals surface area contributed by atoms with Crippen LogP contribution in [-0.4, -0.2) is 5.94 Å². The summed E-state index contributed by atoms with van der Waals surface area (Å²) >= 11 is 0. The van der Waals surface area contributed by atoms with Gasteiger partial charge in [0.15, 0.2) is 0 Å². The van der Waals surface area contributed by atoms with Gasteiger partial charge in [0.2, 0.25) is 0 Å². The zero-order valence-corrected chi connectivity index (χ0v) is 3.64. The van der Waals surface area contributed by atoms with Gasteiger partial charge in [-0.1, -0.05) is 12.2 Å². The van der Waals surface area contributed by atoms with Gasteiger partial charge in [0.1, 0.15) is 5.94 Å². The maximum absolute atomic E-state index is 9.33. The first-order valence-corrected chi connectivity index (χ1v) is 1.74. The van der Waals surface area contributed by atoms with Gasteiger partial charge in [0.25, 0.3) is 0 Å². The predicted octanol–water partition coefficient (Wildman–Crippen LogP) is 0.950. The second kappa shape index (κ2) is 4.19. The Balaban J connectivity index is 3.33. The molecule has 0 atom stereocenters. The highest BCUT2D eigenvalue weighted by molar-refractivity contribution is 5.48. The molecular formula is C5H6O. The highest BCUT2D eigenvalue weighted by Gasteiger charge is 1.49. The third-order valence-electron chi connectivity index (χ3n) is 0.357. The molecular weight excluding hydrogens is 76.1 g/mol. The first-order valence-electron chi connectivity index (χ1n) is 1.74. The molecule has 32 valence electrons. The molecule has 0 fully saturated rings. The van der Waals surface area contributed by atoms with Gasteiger partial charge in [-0.2, -0.15) is 0 Å². The second-order valence-corrected chi connectivity index (χ2v) is 0.810. The van der Waals surface area contributed by atoms with Crippen LogP contribution in [0.15, 0.2) is 18.2 Å². The normalized spacial score (nSPS) is 8.17. The van der Waals surface area contributed by atoms with Crippen LogP contribution in [-0.2, 0) is 4.79 Å². The SMILES string of the molecule is C/C=C/C=C=O. The van der Waals surface area contributed by atoms with Crippen LogP contribution < -0.4 is 0 Å². The lowest BCUT2D eigenvalue weighted by Gasteiger charge is -1.54. The Bertz CT molecular complexity index is 86.1. The van der Waals surface area contributed by atoms with Crippen molar-refractivity contribution < 1.29 is 4.79 Å². The van der Waals surface area contributed by atoms with Crippen LogP contribution in [0.3, 0.4) is 0 Å². The molecule has 0 saturated carbocycles. The Kier molecular flexibility index (Phi) is 3.62. The maximum Gasteiger partial charge on any atom is 0.124 e. The largest absolute Gasteiger partial charge is 0.234 e. The number of rotatable bonds is 1. The molecule has 0 aliphatic rings. The monoisotopic (exact) mass is 82.0 g/mol. The Morgan fingerprint density at radius 2 is 2.33 bits per heavy atom. The van der Waals surface area contributed by atoms with Crippen LogP contribution in [0.2, 0.25) is 0 Å². The van der Waals surface area contributed by atoms with E-state index in [-0.39, 0.29) is 0 Å². The first kappa shape index (κ1) is 5.19. The van der Waals surface area contributed by atoms with Crippen LogP contribution in [0.25, 0.3) is 0 Å². The summed E-state index contributed by atoms with van der Waals surface area (Å²) in [4.78, 5) is 9.33. The Morgan fingerprint density at radius 3 is 2.50 bits per heavy atom. The van der Waals surface area contributed by atoms with Gasteiger partial charge in [-0.3, -0.25) is 0 Å². The fourth-order valence-corrected chi connectivity index (χ4v) is 0.136. The summed E-state index contributed by atoms with van der Waals surface area (Å²) in [6.45, 7) is 1.84. The van der Waals surface area contributed by atoms with Crippen LogP contribution in [0.4, 0.5) is 0 Å². The van der Waals surface area contributed by atoms with E-state index in [1.807, 2.05) is 6.92 Å². The van der Waals surface area contributed by atoms with Crippen LogP contribution >= 0.6 is 0 Å². The van der Waals surface area contributed by atoms with Crippen molar-refractivity contribution >= 4 is 5.94 Å². The van der Waals surface area contributed by atoms with E-state index in [4.69, 9.17) is 0 Å². The van der Waals surface area contributed by atoms with Gasteiger partial charge in [-0.25, -0.2) is 4.79 Å². The van der Waals surface area contributed by atoms with Gasteiger partial charge in [-0.05, 0) is 6.92 Å². The quantitative estimate of drug-likeness (QED) is 0.340. The molecule has 0 aromatic heterocycles. The number of hydrogen-bond acceptors (Lipinski definition) is 1. The molecule has 1 heteroatoms. The molecule has 0 aliphatic heterocycles. The average molecular weight is 82.1 g/mol. The highest BCUT2D eigenvalue weighted by Crippen LogP contribution is 1.63. The smallest absolute Gasteiger partial charge is 0.124 e. The molecule has 1 nitrogen and oxygen atoms in total. The van der Waals surface area contributed by atoms with E-state index in [2.05, 4.69) is 0 Å². The molecule has 0 aromatic carbocycles. The van der Waals surface area contributed by atoms with E-state index < -0.39 is 0 Å². The van der Waals surface area contributed by atoms with Gasteiger partial charge in [-0.15, -0.1) is 0 Å². The van der Waals surface area contributed by atoms with E-state index in [0.717, 1.165) is 0 Å². The summed E-state index contributed by atoms with van der Waals surface area (Å²) in [6, 6.07) is 0. The molecule has 0 aromatic rings. The van der Waals surface area contributed by atoms with Crippen molar-refractivity contribution in [1.29, 1.82) is 0 Å². The molecule has 0 rings (SSSR count). The Labute approximate surface area is 37.0 Å². The van der Waals surface area contributed by atoms with Gasteiger partial charge < -0.3 is 0 Å². The second-order valence-electron chi connectivity index (χ2n) is 0.810. The molecule has 0 unspecified atom stereocenters. The van der Waals surface area contributed by atoms with E-state index in [0.29, 0.717) is 0 Å². The number of carbonyl (C=O) groups excluding carboxylic acids is 1. The number of allylic oxidation sites excluding steroid dienone is 3. The van der Waals surface area contributed by atoms with Gasteiger partial charge in [0, 0.05) is 6.08 Å². The lowest BCUT2D eigenvalue weighted by atomic mass is 10.5. The Hall–Kier alpha value is -0.810. The van der Waals surface area contributed by atoms with Crippen molar-refractivity contribution in [3.05, 3.63) is 18.2 Å². The van der Waals surface area contributed by atoms with Crippen molar-refractivity contribution in [1.82, 2.24) is 0 Å². The van der Waals surface area contributed by atoms with Crippen LogP contribution in [0.1, 0.15) is 6.92 Å². The molecule has 0 heterocycles. The minimum absolute atomic E-state index is 1.32.